The quantitative estimate of drug-likeness (QED) is 0.208. The summed E-state index contributed by atoms with van der Waals surface area (Å²) in [5, 5.41) is 26.2. The lowest BCUT2D eigenvalue weighted by molar-refractivity contribution is -0.428. The summed E-state index contributed by atoms with van der Waals surface area (Å²) < 4.78 is 109. The third-order valence-electron chi connectivity index (χ3n) is 3.38. The number of halogens is 11. The molecule has 1 rings (SSSR count). The first kappa shape index (κ1) is 32.4. The molecule has 0 radical (unpaired) electrons. The minimum atomic E-state index is -6.70. The molecule has 1 aliphatic rings. The SMILES string of the molecule is O=C(O)C(Br)Br.O=C(O)CCC(C(F)(F)F)(C(F)(F)F)C(F)(F)F.O=C1C[C@@H](C(=O)O)N1. The van der Waals surface area contributed by atoms with Gasteiger partial charge in [0.25, 0.3) is 5.41 Å². The molecular weight excluding hydrogens is 613 g/mol. The standard InChI is InChI=1S/C7H5F9O2.C4H5NO3.C2H2Br2O2/c8-5(9,10)4(6(11,12)13,7(14,15)16)2-1-3(17)18;6-3-1-2(5-3)4(7)8;3-1(4)2(5)6/h1-2H2,(H,17,18);2H,1H2,(H,5,6)(H,7,8);1H,(H,5,6)/t;2-;/m.0./s1. The lowest BCUT2D eigenvalue weighted by Gasteiger charge is -2.38. The van der Waals surface area contributed by atoms with E-state index in [9.17, 15) is 58.7 Å². The Balaban J connectivity index is 0. The Kier molecular flexibility index (Phi) is 12.0. The summed E-state index contributed by atoms with van der Waals surface area (Å²) in [7, 11) is 0. The van der Waals surface area contributed by atoms with E-state index in [2.05, 4.69) is 37.2 Å². The van der Waals surface area contributed by atoms with E-state index >= 15 is 0 Å². The molecule has 0 aromatic rings. The maximum absolute atomic E-state index is 12.2. The topological polar surface area (TPSA) is 141 Å². The van der Waals surface area contributed by atoms with Gasteiger partial charge in [-0.05, 0) is 6.42 Å². The molecule has 0 aromatic carbocycles. The number of β-lactam (4-membered cyclic amide) rings is 1. The molecule has 0 spiro atoms. The lowest BCUT2D eigenvalue weighted by Crippen LogP contribution is -2.59. The van der Waals surface area contributed by atoms with Crippen LogP contribution in [0.3, 0.4) is 0 Å². The Morgan fingerprint density at radius 1 is 0.906 bits per heavy atom. The van der Waals surface area contributed by atoms with E-state index in [0.717, 1.165) is 0 Å². The Morgan fingerprint density at radius 3 is 1.34 bits per heavy atom. The number of aliphatic carboxylic acids is 3. The number of carbonyl (C=O) groups excluding carboxylic acids is 1. The molecule has 1 saturated heterocycles. The smallest absolute Gasteiger partial charge is 0.412 e. The second-order valence-corrected chi connectivity index (χ2v) is 8.65. The fourth-order valence-electron chi connectivity index (χ4n) is 1.71. The van der Waals surface area contributed by atoms with Crippen molar-refractivity contribution in [1.82, 2.24) is 5.32 Å². The number of rotatable bonds is 5. The molecule has 1 heterocycles. The van der Waals surface area contributed by atoms with Crippen molar-refractivity contribution in [3.63, 3.8) is 0 Å². The summed E-state index contributed by atoms with van der Waals surface area (Å²) >= 11 is 5.51. The highest BCUT2D eigenvalue weighted by atomic mass is 79.9. The van der Waals surface area contributed by atoms with Gasteiger partial charge in [0.05, 0.1) is 6.42 Å². The van der Waals surface area contributed by atoms with Gasteiger partial charge in [-0.1, -0.05) is 31.9 Å². The predicted molar refractivity (Wildman–Crippen MR) is 90.9 cm³/mol. The normalized spacial score (nSPS) is 16.5. The largest absolute Gasteiger partial charge is 0.481 e. The van der Waals surface area contributed by atoms with Crippen molar-refractivity contribution in [3.05, 3.63) is 0 Å². The van der Waals surface area contributed by atoms with Crippen molar-refractivity contribution in [2.75, 3.05) is 0 Å². The maximum atomic E-state index is 12.2. The van der Waals surface area contributed by atoms with Crippen LogP contribution in [0.15, 0.2) is 0 Å². The van der Waals surface area contributed by atoms with Crippen LogP contribution in [-0.2, 0) is 19.2 Å². The van der Waals surface area contributed by atoms with Crippen molar-refractivity contribution in [2.24, 2.45) is 5.41 Å². The van der Waals surface area contributed by atoms with Gasteiger partial charge in [-0.2, -0.15) is 39.5 Å². The van der Waals surface area contributed by atoms with E-state index < -0.39 is 64.5 Å². The highest BCUT2D eigenvalue weighted by molar-refractivity contribution is 9.25. The number of hydrogen-bond acceptors (Lipinski definition) is 4. The molecule has 188 valence electrons. The zero-order chi connectivity index (χ0) is 26.3. The monoisotopic (exact) mass is 623 g/mol. The van der Waals surface area contributed by atoms with Gasteiger partial charge in [0, 0.05) is 6.42 Å². The van der Waals surface area contributed by atoms with Crippen molar-refractivity contribution in [3.8, 4) is 0 Å². The average molecular weight is 625 g/mol. The Labute approximate surface area is 188 Å². The maximum Gasteiger partial charge on any atom is 0.412 e. The molecule has 0 aromatic heterocycles. The summed E-state index contributed by atoms with van der Waals surface area (Å²) in [6.45, 7) is 0. The van der Waals surface area contributed by atoms with E-state index in [4.69, 9.17) is 15.3 Å². The lowest BCUT2D eigenvalue weighted by atomic mass is 9.80. The number of amides is 1. The van der Waals surface area contributed by atoms with Crippen molar-refractivity contribution in [2.45, 2.75) is 47.6 Å². The van der Waals surface area contributed by atoms with E-state index in [1.165, 1.54) is 0 Å². The number of hydrogen-bond donors (Lipinski definition) is 4. The van der Waals surface area contributed by atoms with Gasteiger partial charge in [-0.15, -0.1) is 0 Å². The fourth-order valence-corrected chi connectivity index (χ4v) is 1.71. The second-order valence-electron chi connectivity index (χ2n) is 5.59. The summed E-state index contributed by atoms with van der Waals surface area (Å²) in [6.07, 6.45) is -24.5. The van der Waals surface area contributed by atoms with E-state index in [0.29, 0.717) is 0 Å². The minimum absolute atomic E-state index is 0.134. The van der Waals surface area contributed by atoms with E-state index in [1.54, 1.807) is 0 Å². The van der Waals surface area contributed by atoms with Crippen LogP contribution in [0.25, 0.3) is 0 Å². The first-order chi connectivity index (χ1) is 14.0. The van der Waals surface area contributed by atoms with Gasteiger partial charge in [0.1, 0.15) is 6.04 Å². The van der Waals surface area contributed by atoms with Gasteiger partial charge in [0.15, 0.2) is 3.74 Å². The van der Waals surface area contributed by atoms with Crippen LogP contribution >= 0.6 is 31.9 Å². The molecule has 0 aliphatic carbocycles. The molecule has 8 nitrogen and oxygen atoms in total. The molecule has 1 amide bonds. The van der Waals surface area contributed by atoms with Crippen LogP contribution in [-0.4, -0.2) is 67.4 Å². The van der Waals surface area contributed by atoms with Crippen LogP contribution in [0.5, 0.6) is 0 Å². The average Bonchev–Trinajstić information content (AvgIpc) is 2.48. The number of carbonyl (C=O) groups is 4. The summed E-state index contributed by atoms with van der Waals surface area (Å²) in [5.74, 6) is -4.24. The predicted octanol–water partition coefficient (Wildman–Crippen LogP) is 3.67. The molecule has 1 fully saturated rings. The van der Waals surface area contributed by atoms with Gasteiger partial charge >= 0.3 is 36.4 Å². The Bertz CT molecular complexity index is 649. The highest BCUT2D eigenvalue weighted by Gasteiger charge is 2.82. The molecule has 4 N–H and O–H groups in total. The zero-order valence-electron chi connectivity index (χ0n) is 14.9. The molecule has 1 aliphatic heterocycles. The molecule has 0 saturated carbocycles. The third-order valence-corrected chi connectivity index (χ3v) is 4.16. The van der Waals surface area contributed by atoms with Gasteiger partial charge in [0.2, 0.25) is 5.91 Å². The first-order valence-electron chi connectivity index (χ1n) is 7.46. The highest BCUT2D eigenvalue weighted by Crippen LogP contribution is 2.61. The number of carboxylic acid groups (broad SMARTS) is 3. The van der Waals surface area contributed by atoms with Crippen LogP contribution < -0.4 is 5.32 Å². The van der Waals surface area contributed by atoms with Crippen LogP contribution in [0.4, 0.5) is 39.5 Å². The Hall–Kier alpha value is -1.79. The van der Waals surface area contributed by atoms with E-state index in [1.807, 2.05) is 0 Å². The van der Waals surface area contributed by atoms with Crippen LogP contribution in [0, 0.1) is 5.41 Å². The summed E-state index contributed by atoms with van der Waals surface area (Å²) in [4.78, 5) is 39.5. The molecule has 32 heavy (non-hydrogen) atoms. The van der Waals surface area contributed by atoms with Gasteiger partial charge < -0.3 is 20.6 Å². The molecule has 0 bridgehead atoms. The molecule has 1 atom stereocenters. The van der Waals surface area contributed by atoms with Crippen molar-refractivity contribution < 1.29 is 74.0 Å². The number of alkyl halides is 11. The minimum Gasteiger partial charge on any atom is -0.481 e. The second kappa shape index (κ2) is 11.9. The third kappa shape index (κ3) is 9.37. The zero-order valence-corrected chi connectivity index (χ0v) is 18.1. The van der Waals surface area contributed by atoms with Crippen molar-refractivity contribution >= 4 is 55.7 Å². The van der Waals surface area contributed by atoms with Crippen LogP contribution in [0.1, 0.15) is 19.3 Å². The Morgan fingerprint density at radius 2 is 1.22 bits per heavy atom. The number of carboxylic acids is 3. The van der Waals surface area contributed by atoms with Gasteiger partial charge in [-0.25, -0.2) is 4.79 Å². The summed E-state index contributed by atoms with van der Waals surface area (Å²) in [6, 6.07) is -0.623. The van der Waals surface area contributed by atoms with Gasteiger partial charge in [-0.3, -0.25) is 14.4 Å². The van der Waals surface area contributed by atoms with Crippen molar-refractivity contribution in [1.29, 1.82) is 0 Å². The van der Waals surface area contributed by atoms with Crippen LogP contribution in [0.2, 0.25) is 0 Å². The first-order valence-corrected chi connectivity index (χ1v) is 9.29. The molecular formula is C13H12Br2F9NO7. The molecule has 0 unspecified atom stereocenters. The number of nitrogens with one attached hydrogen (secondary N) is 1. The summed E-state index contributed by atoms with van der Waals surface area (Å²) in [5.41, 5.74) is -6.04. The molecule has 19 heteroatoms. The fraction of sp³-hybridized carbons (Fsp3) is 0.692. The van der Waals surface area contributed by atoms with E-state index in [-0.39, 0.29) is 12.3 Å².